The van der Waals surface area contributed by atoms with Crippen molar-refractivity contribution < 1.29 is 14.4 Å². The van der Waals surface area contributed by atoms with Gasteiger partial charge in [0, 0.05) is 19.0 Å². The predicted octanol–water partition coefficient (Wildman–Crippen LogP) is 1.50. The standard InChI is InChI=1S/C16H18N2O3/c1-9-3-6-12-14(10(9)2)18(16(21)15(12)20)8-7-13(19)17-11-4-5-11/h3,6,11H,4-5,7-8H2,1-2H3,(H,17,19). The fraction of sp³-hybridized carbons (Fsp3) is 0.438. The molecule has 1 saturated carbocycles. The van der Waals surface area contributed by atoms with Crippen molar-refractivity contribution in [2.24, 2.45) is 0 Å². The lowest BCUT2D eigenvalue weighted by atomic mass is 10.0. The second-order valence-electron chi connectivity index (χ2n) is 5.78. The molecule has 0 spiro atoms. The molecule has 0 atom stereocenters. The third-order valence-corrected chi connectivity index (χ3v) is 4.16. The maximum Gasteiger partial charge on any atom is 0.299 e. The van der Waals surface area contributed by atoms with E-state index in [1.807, 2.05) is 19.9 Å². The van der Waals surface area contributed by atoms with Crippen LogP contribution in [0.2, 0.25) is 0 Å². The lowest BCUT2D eigenvalue weighted by molar-refractivity contribution is -0.121. The summed E-state index contributed by atoms with van der Waals surface area (Å²) in [6.07, 6.45) is 2.30. The zero-order valence-electron chi connectivity index (χ0n) is 12.2. The lowest BCUT2D eigenvalue weighted by Crippen LogP contribution is -2.35. The number of carbonyl (C=O) groups is 3. The Morgan fingerprint density at radius 1 is 1.29 bits per heavy atom. The first-order valence-electron chi connectivity index (χ1n) is 7.25. The number of benzene rings is 1. The number of ketones is 1. The van der Waals surface area contributed by atoms with E-state index >= 15 is 0 Å². The minimum Gasteiger partial charge on any atom is -0.353 e. The number of hydrogen-bond acceptors (Lipinski definition) is 3. The van der Waals surface area contributed by atoms with Gasteiger partial charge in [0.2, 0.25) is 5.91 Å². The maximum atomic E-state index is 12.1. The van der Waals surface area contributed by atoms with E-state index in [1.165, 1.54) is 4.90 Å². The van der Waals surface area contributed by atoms with Crippen LogP contribution in [0.5, 0.6) is 0 Å². The monoisotopic (exact) mass is 286 g/mol. The van der Waals surface area contributed by atoms with E-state index in [1.54, 1.807) is 6.07 Å². The topological polar surface area (TPSA) is 66.5 Å². The number of aryl methyl sites for hydroxylation is 1. The molecule has 0 radical (unpaired) electrons. The van der Waals surface area contributed by atoms with E-state index in [4.69, 9.17) is 0 Å². The molecule has 1 heterocycles. The summed E-state index contributed by atoms with van der Waals surface area (Å²) in [6, 6.07) is 3.86. The fourth-order valence-corrected chi connectivity index (χ4v) is 2.63. The molecule has 1 N–H and O–H groups in total. The van der Waals surface area contributed by atoms with Gasteiger partial charge in [0.15, 0.2) is 0 Å². The van der Waals surface area contributed by atoms with Gasteiger partial charge in [-0.3, -0.25) is 14.4 Å². The number of carbonyl (C=O) groups excluding carboxylic acids is 3. The first-order chi connectivity index (χ1) is 9.99. The number of nitrogens with one attached hydrogen (secondary N) is 1. The van der Waals surface area contributed by atoms with Crippen LogP contribution in [0.4, 0.5) is 5.69 Å². The highest BCUT2D eigenvalue weighted by Gasteiger charge is 2.37. The average Bonchev–Trinajstić information content (AvgIpc) is 3.22. The van der Waals surface area contributed by atoms with Crippen molar-refractivity contribution >= 4 is 23.3 Å². The molecule has 0 unspecified atom stereocenters. The van der Waals surface area contributed by atoms with Crippen molar-refractivity contribution in [1.29, 1.82) is 0 Å². The largest absolute Gasteiger partial charge is 0.353 e. The number of anilines is 1. The molecule has 5 nitrogen and oxygen atoms in total. The van der Waals surface area contributed by atoms with E-state index < -0.39 is 11.7 Å². The number of fused-ring (bicyclic) bond motifs is 1. The molecule has 2 amide bonds. The van der Waals surface area contributed by atoms with Crippen LogP contribution < -0.4 is 10.2 Å². The molecular formula is C16H18N2O3. The normalized spacial score (nSPS) is 17.1. The van der Waals surface area contributed by atoms with E-state index in [9.17, 15) is 14.4 Å². The number of rotatable bonds is 4. The molecule has 1 aliphatic carbocycles. The van der Waals surface area contributed by atoms with Crippen LogP contribution in [-0.4, -0.2) is 30.2 Å². The number of hydrogen-bond donors (Lipinski definition) is 1. The lowest BCUT2D eigenvalue weighted by Gasteiger charge is -2.19. The molecule has 21 heavy (non-hydrogen) atoms. The molecule has 1 aliphatic heterocycles. The minimum absolute atomic E-state index is 0.0588. The Morgan fingerprint density at radius 3 is 2.67 bits per heavy atom. The van der Waals surface area contributed by atoms with Gasteiger partial charge in [0.1, 0.15) is 0 Å². The van der Waals surface area contributed by atoms with Gasteiger partial charge in [-0.05, 0) is 43.9 Å². The summed E-state index contributed by atoms with van der Waals surface area (Å²) in [6.45, 7) is 4.10. The summed E-state index contributed by atoms with van der Waals surface area (Å²) in [5.74, 6) is -1.06. The Labute approximate surface area is 123 Å². The van der Waals surface area contributed by atoms with Gasteiger partial charge < -0.3 is 10.2 Å². The Morgan fingerprint density at radius 2 is 2.00 bits per heavy atom. The Balaban J connectivity index is 1.79. The van der Waals surface area contributed by atoms with Crippen LogP contribution >= 0.6 is 0 Å². The minimum atomic E-state index is -0.530. The van der Waals surface area contributed by atoms with Crippen molar-refractivity contribution in [3.63, 3.8) is 0 Å². The molecule has 1 aromatic rings. The summed E-state index contributed by atoms with van der Waals surface area (Å²) >= 11 is 0. The first kappa shape index (κ1) is 13.8. The van der Waals surface area contributed by atoms with Gasteiger partial charge >= 0.3 is 0 Å². The van der Waals surface area contributed by atoms with Crippen LogP contribution in [0.15, 0.2) is 12.1 Å². The Bertz CT molecular complexity index is 647. The smallest absolute Gasteiger partial charge is 0.299 e. The highest BCUT2D eigenvalue weighted by atomic mass is 16.2. The van der Waals surface area contributed by atoms with Gasteiger partial charge in [-0.25, -0.2) is 0 Å². The van der Waals surface area contributed by atoms with E-state index in [2.05, 4.69) is 5.32 Å². The summed E-state index contributed by atoms with van der Waals surface area (Å²) in [5.41, 5.74) is 3.08. The van der Waals surface area contributed by atoms with E-state index in [0.717, 1.165) is 24.0 Å². The van der Waals surface area contributed by atoms with Crippen LogP contribution in [0.25, 0.3) is 0 Å². The van der Waals surface area contributed by atoms with Crippen LogP contribution in [0.1, 0.15) is 40.7 Å². The molecule has 3 rings (SSSR count). The van der Waals surface area contributed by atoms with Gasteiger partial charge in [-0.1, -0.05) is 6.07 Å². The van der Waals surface area contributed by atoms with Crippen LogP contribution in [0.3, 0.4) is 0 Å². The van der Waals surface area contributed by atoms with E-state index in [0.29, 0.717) is 17.3 Å². The summed E-state index contributed by atoms with van der Waals surface area (Å²) in [4.78, 5) is 37.3. The van der Waals surface area contributed by atoms with Gasteiger partial charge in [0.25, 0.3) is 11.7 Å². The van der Waals surface area contributed by atoms with Gasteiger partial charge in [0.05, 0.1) is 11.3 Å². The molecule has 0 aromatic heterocycles. The molecule has 1 aromatic carbocycles. The quantitative estimate of drug-likeness (QED) is 0.853. The summed E-state index contributed by atoms with van der Waals surface area (Å²) < 4.78 is 0. The van der Waals surface area contributed by atoms with Gasteiger partial charge in [-0.2, -0.15) is 0 Å². The predicted molar refractivity (Wildman–Crippen MR) is 78.4 cm³/mol. The molecule has 0 saturated heterocycles. The molecule has 1 fully saturated rings. The third-order valence-electron chi connectivity index (χ3n) is 4.16. The molecule has 2 aliphatic rings. The summed E-state index contributed by atoms with van der Waals surface area (Å²) in [5, 5.41) is 2.89. The SMILES string of the molecule is Cc1ccc2c(c1C)N(CCC(=O)NC1CC1)C(=O)C2=O. The van der Waals surface area contributed by atoms with Crippen molar-refractivity contribution in [2.75, 3.05) is 11.4 Å². The fourth-order valence-electron chi connectivity index (χ4n) is 2.63. The second-order valence-corrected chi connectivity index (χ2v) is 5.78. The molecule has 5 heteroatoms. The zero-order valence-corrected chi connectivity index (χ0v) is 12.2. The van der Waals surface area contributed by atoms with Crippen molar-refractivity contribution in [3.05, 3.63) is 28.8 Å². The average molecular weight is 286 g/mol. The molecular weight excluding hydrogens is 268 g/mol. The number of amides is 2. The van der Waals surface area contributed by atoms with E-state index in [-0.39, 0.29) is 18.9 Å². The maximum absolute atomic E-state index is 12.1. The van der Waals surface area contributed by atoms with Crippen LogP contribution in [-0.2, 0) is 9.59 Å². The zero-order chi connectivity index (χ0) is 15.1. The number of Topliss-reactive ketones (excluding diaryl/α,β-unsaturated/α-hetero) is 1. The van der Waals surface area contributed by atoms with Crippen molar-refractivity contribution in [2.45, 2.75) is 39.2 Å². The number of nitrogens with zero attached hydrogens (tertiary/aromatic N) is 1. The van der Waals surface area contributed by atoms with Crippen molar-refractivity contribution in [1.82, 2.24) is 5.32 Å². The highest BCUT2D eigenvalue weighted by Crippen LogP contribution is 2.34. The Kier molecular flexibility index (Phi) is 3.27. The second kappa shape index (κ2) is 4.98. The molecule has 0 bridgehead atoms. The van der Waals surface area contributed by atoms with Crippen molar-refractivity contribution in [3.8, 4) is 0 Å². The Hall–Kier alpha value is -2.17. The van der Waals surface area contributed by atoms with Gasteiger partial charge in [-0.15, -0.1) is 0 Å². The molecule has 110 valence electrons. The third kappa shape index (κ3) is 2.44. The summed E-state index contributed by atoms with van der Waals surface area (Å²) in [7, 11) is 0. The highest BCUT2D eigenvalue weighted by molar-refractivity contribution is 6.52. The first-order valence-corrected chi connectivity index (χ1v) is 7.25. The van der Waals surface area contributed by atoms with Crippen LogP contribution in [0, 0.1) is 13.8 Å².